The zero-order valence-corrected chi connectivity index (χ0v) is 15.8. The van der Waals surface area contributed by atoms with Gasteiger partial charge in [0.15, 0.2) is 0 Å². The van der Waals surface area contributed by atoms with Crippen LogP contribution < -0.4 is 10.1 Å². The van der Waals surface area contributed by atoms with Gasteiger partial charge in [0.1, 0.15) is 5.75 Å². The van der Waals surface area contributed by atoms with Crippen LogP contribution in [0.2, 0.25) is 10.0 Å². The van der Waals surface area contributed by atoms with Crippen molar-refractivity contribution >= 4 is 29.1 Å². The minimum atomic E-state index is -0.596. The molecule has 1 amide bonds. The lowest BCUT2D eigenvalue weighted by molar-refractivity contribution is -0.123. The Bertz CT molecular complexity index is 769. The average Bonchev–Trinajstić information content (AvgIpc) is 2.98. The molecule has 0 atom stereocenters. The predicted octanol–water partition coefficient (Wildman–Crippen LogP) is 3.80. The third kappa shape index (κ3) is 4.50. The summed E-state index contributed by atoms with van der Waals surface area (Å²) in [5.41, 5.74) is 1.77. The fourth-order valence-electron chi connectivity index (χ4n) is 3.30. The van der Waals surface area contributed by atoms with Crippen molar-refractivity contribution in [1.29, 1.82) is 0 Å². The van der Waals surface area contributed by atoms with E-state index in [0.29, 0.717) is 48.1 Å². The summed E-state index contributed by atoms with van der Waals surface area (Å²) in [7, 11) is 0. The van der Waals surface area contributed by atoms with Crippen molar-refractivity contribution < 1.29 is 14.6 Å². The van der Waals surface area contributed by atoms with Gasteiger partial charge < -0.3 is 15.2 Å². The van der Waals surface area contributed by atoms with Crippen LogP contribution in [0.1, 0.15) is 24.0 Å². The molecule has 1 aliphatic carbocycles. The Labute approximate surface area is 163 Å². The Morgan fingerprint density at radius 2 is 1.85 bits per heavy atom. The summed E-state index contributed by atoms with van der Waals surface area (Å²) in [5, 5.41) is 13.9. The number of aliphatic hydroxyl groups is 1. The molecular weight excluding hydrogens is 373 g/mol. The number of amides is 1. The van der Waals surface area contributed by atoms with E-state index in [-0.39, 0.29) is 12.5 Å². The molecule has 26 heavy (non-hydrogen) atoms. The van der Waals surface area contributed by atoms with Gasteiger partial charge in [-0.15, -0.1) is 0 Å². The van der Waals surface area contributed by atoms with Crippen molar-refractivity contribution in [2.24, 2.45) is 0 Å². The minimum absolute atomic E-state index is 0.0791. The standard InChI is InChI=1S/C20H21Cl2NO3/c21-16-7-8-18(17(22)10-16)26-9-3-6-19(25)23-20(13-24)11-14-4-1-2-5-15(14)12-20/h1-2,4-5,7-8,10,24H,3,6,9,11-13H2,(H,23,25). The van der Waals surface area contributed by atoms with Crippen LogP contribution in [0.5, 0.6) is 5.75 Å². The number of carbonyl (C=O) groups excluding carboxylic acids is 1. The fraction of sp³-hybridized carbons (Fsp3) is 0.350. The maximum atomic E-state index is 12.3. The Kier molecular flexibility index (Phi) is 6.07. The van der Waals surface area contributed by atoms with Gasteiger partial charge in [-0.2, -0.15) is 0 Å². The first-order chi connectivity index (χ1) is 12.5. The minimum Gasteiger partial charge on any atom is -0.492 e. The number of fused-ring (bicyclic) bond motifs is 1. The molecule has 0 bridgehead atoms. The number of hydrogen-bond acceptors (Lipinski definition) is 3. The highest BCUT2D eigenvalue weighted by molar-refractivity contribution is 6.35. The zero-order valence-electron chi connectivity index (χ0n) is 14.3. The molecule has 4 nitrogen and oxygen atoms in total. The van der Waals surface area contributed by atoms with Crippen LogP contribution in [0.4, 0.5) is 0 Å². The monoisotopic (exact) mass is 393 g/mol. The van der Waals surface area contributed by atoms with Gasteiger partial charge >= 0.3 is 0 Å². The van der Waals surface area contributed by atoms with Gasteiger partial charge in [0.25, 0.3) is 0 Å². The lowest BCUT2D eigenvalue weighted by Gasteiger charge is -2.28. The van der Waals surface area contributed by atoms with Crippen molar-refractivity contribution in [2.75, 3.05) is 13.2 Å². The Morgan fingerprint density at radius 3 is 2.46 bits per heavy atom. The molecule has 0 aromatic heterocycles. The topological polar surface area (TPSA) is 58.6 Å². The first-order valence-corrected chi connectivity index (χ1v) is 9.33. The van der Waals surface area contributed by atoms with Crippen LogP contribution in [0, 0.1) is 0 Å². The number of carbonyl (C=O) groups is 1. The summed E-state index contributed by atoms with van der Waals surface area (Å²) in [6, 6.07) is 13.1. The van der Waals surface area contributed by atoms with Crippen molar-refractivity contribution in [3.63, 3.8) is 0 Å². The molecular formula is C20H21Cl2NO3. The average molecular weight is 394 g/mol. The van der Waals surface area contributed by atoms with Crippen LogP contribution >= 0.6 is 23.2 Å². The molecule has 0 aliphatic heterocycles. The van der Waals surface area contributed by atoms with Crippen molar-refractivity contribution in [2.45, 2.75) is 31.2 Å². The number of benzene rings is 2. The molecule has 1 aliphatic rings. The number of aliphatic hydroxyl groups excluding tert-OH is 1. The lowest BCUT2D eigenvalue weighted by atomic mass is 9.96. The van der Waals surface area contributed by atoms with Crippen LogP contribution in [0.3, 0.4) is 0 Å². The van der Waals surface area contributed by atoms with Crippen molar-refractivity contribution in [3.8, 4) is 5.75 Å². The quantitative estimate of drug-likeness (QED) is 0.703. The fourth-order valence-corrected chi connectivity index (χ4v) is 3.76. The first-order valence-electron chi connectivity index (χ1n) is 8.58. The maximum Gasteiger partial charge on any atom is 0.220 e. The highest BCUT2D eigenvalue weighted by atomic mass is 35.5. The van der Waals surface area contributed by atoms with E-state index in [2.05, 4.69) is 5.32 Å². The van der Waals surface area contributed by atoms with E-state index >= 15 is 0 Å². The highest BCUT2D eigenvalue weighted by Gasteiger charge is 2.37. The first kappa shape index (κ1) is 19.0. The van der Waals surface area contributed by atoms with E-state index in [1.165, 1.54) is 11.1 Å². The number of halogens is 2. The SMILES string of the molecule is O=C(CCCOc1ccc(Cl)cc1Cl)NC1(CO)Cc2ccccc2C1. The molecule has 6 heteroatoms. The van der Waals surface area contributed by atoms with Crippen LogP contribution in [-0.2, 0) is 17.6 Å². The molecule has 3 rings (SSSR count). The van der Waals surface area contributed by atoms with Gasteiger partial charge in [0, 0.05) is 11.4 Å². The number of ether oxygens (including phenoxy) is 1. The van der Waals surface area contributed by atoms with Gasteiger partial charge in [0.05, 0.1) is 23.8 Å². The molecule has 138 valence electrons. The van der Waals surface area contributed by atoms with Gasteiger partial charge in [-0.1, -0.05) is 47.5 Å². The van der Waals surface area contributed by atoms with E-state index in [1.807, 2.05) is 24.3 Å². The molecule has 2 N–H and O–H groups in total. The molecule has 0 saturated carbocycles. The Balaban J connectivity index is 1.47. The van der Waals surface area contributed by atoms with E-state index in [9.17, 15) is 9.90 Å². The number of nitrogens with one attached hydrogen (secondary N) is 1. The molecule has 0 unspecified atom stereocenters. The molecule has 0 saturated heterocycles. The van der Waals surface area contributed by atoms with Gasteiger partial charge in [-0.05, 0) is 48.6 Å². The molecule has 0 spiro atoms. The van der Waals surface area contributed by atoms with Crippen LogP contribution in [-0.4, -0.2) is 29.8 Å². The summed E-state index contributed by atoms with van der Waals surface area (Å²) in [4.78, 5) is 12.3. The molecule has 0 fully saturated rings. The van der Waals surface area contributed by atoms with E-state index in [1.54, 1.807) is 18.2 Å². The van der Waals surface area contributed by atoms with Gasteiger partial charge in [-0.25, -0.2) is 0 Å². The second-order valence-electron chi connectivity index (χ2n) is 6.64. The molecule has 0 heterocycles. The Morgan fingerprint density at radius 1 is 1.15 bits per heavy atom. The summed E-state index contributed by atoms with van der Waals surface area (Å²) in [6.07, 6.45) is 2.19. The van der Waals surface area contributed by atoms with E-state index in [0.717, 1.165) is 0 Å². The van der Waals surface area contributed by atoms with Crippen LogP contribution in [0.15, 0.2) is 42.5 Å². The van der Waals surface area contributed by atoms with E-state index < -0.39 is 5.54 Å². The number of hydrogen-bond donors (Lipinski definition) is 2. The second kappa shape index (κ2) is 8.30. The van der Waals surface area contributed by atoms with Gasteiger partial charge in [0.2, 0.25) is 5.91 Å². The summed E-state index contributed by atoms with van der Waals surface area (Å²) < 4.78 is 5.59. The number of rotatable bonds is 7. The van der Waals surface area contributed by atoms with Crippen molar-refractivity contribution in [1.82, 2.24) is 5.32 Å². The second-order valence-corrected chi connectivity index (χ2v) is 7.48. The summed E-state index contributed by atoms with van der Waals surface area (Å²) in [5.74, 6) is 0.465. The summed E-state index contributed by atoms with van der Waals surface area (Å²) >= 11 is 11.9. The molecule has 2 aromatic rings. The zero-order chi connectivity index (χ0) is 18.6. The van der Waals surface area contributed by atoms with Crippen LogP contribution in [0.25, 0.3) is 0 Å². The lowest BCUT2D eigenvalue weighted by Crippen LogP contribution is -2.52. The largest absolute Gasteiger partial charge is 0.492 e. The third-order valence-corrected chi connectivity index (χ3v) is 5.11. The molecule has 0 radical (unpaired) electrons. The Hall–Kier alpha value is -1.75. The maximum absolute atomic E-state index is 12.3. The predicted molar refractivity (Wildman–Crippen MR) is 103 cm³/mol. The van der Waals surface area contributed by atoms with E-state index in [4.69, 9.17) is 27.9 Å². The summed E-state index contributed by atoms with van der Waals surface area (Å²) in [6.45, 7) is 0.297. The van der Waals surface area contributed by atoms with Crippen molar-refractivity contribution in [3.05, 3.63) is 63.6 Å². The normalized spacial score (nSPS) is 14.7. The highest BCUT2D eigenvalue weighted by Crippen LogP contribution is 2.30. The molecule has 2 aromatic carbocycles. The third-order valence-electron chi connectivity index (χ3n) is 4.58. The van der Waals surface area contributed by atoms with Gasteiger partial charge in [-0.3, -0.25) is 4.79 Å². The smallest absolute Gasteiger partial charge is 0.220 e.